The van der Waals surface area contributed by atoms with E-state index in [4.69, 9.17) is 0 Å². The lowest BCUT2D eigenvalue weighted by Gasteiger charge is -2.24. The van der Waals surface area contributed by atoms with Crippen molar-refractivity contribution in [3.8, 4) is 0 Å². The van der Waals surface area contributed by atoms with Gasteiger partial charge in [-0.3, -0.25) is 4.79 Å². The van der Waals surface area contributed by atoms with Crippen LogP contribution in [0.25, 0.3) is 0 Å². The monoisotopic (exact) mass is 223 g/mol. The predicted molar refractivity (Wildman–Crippen MR) is 61.9 cm³/mol. The average Bonchev–Trinajstić information content (AvgIpc) is 2.42. The summed E-state index contributed by atoms with van der Waals surface area (Å²) < 4.78 is 0. The third-order valence-electron chi connectivity index (χ3n) is 2.57. The van der Waals surface area contributed by atoms with E-state index in [2.05, 4.69) is 13.2 Å². The van der Waals surface area contributed by atoms with Gasteiger partial charge in [0.25, 0.3) is 0 Å². The Morgan fingerprint density at radius 3 is 2.25 bits per heavy atom. The Bertz CT molecular complexity index is 345. The van der Waals surface area contributed by atoms with Crippen molar-refractivity contribution < 1.29 is 15.0 Å². The zero-order valence-electron chi connectivity index (χ0n) is 9.44. The van der Waals surface area contributed by atoms with Crippen molar-refractivity contribution in [1.29, 1.82) is 0 Å². The molecule has 0 saturated heterocycles. The summed E-state index contributed by atoms with van der Waals surface area (Å²) in [6, 6.07) is 0. The normalized spacial score (nSPS) is 24.8. The fourth-order valence-corrected chi connectivity index (χ4v) is 1.74. The van der Waals surface area contributed by atoms with Gasteiger partial charge in [-0.25, -0.2) is 0 Å². The number of rotatable bonds is 5. The van der Waals surface area contributed by atoms with Gasteiger partial charge in [0.2, 0.25) is 5.78 Å². The summed E-state index contributed by atoms with van der Waals surface area (Å²) in [6.07, 6.45) is 3.46. The van der Waals surface area contributed by atoms with Crippen LogP contribution in [0, 0.1) is 0 Å². The first kappa shape index (κ1) is 12.5. The summed E-state index contributed by atoms with van der Waals surface area (Å²) in [4.78, 5) is 13.3. The van der Waals surface area contributed by atoms with Gasteiger partial charge in [0.1, 0.15) is 5.60 Å². The van der Waals surface area contributed by atoms with Crippen LogP contribution in [0.1, 0.15) is 13.3 Å². The molecule has 1 aliphatic rings. The van der Waals surface area contributed by atoms with Gasteiger partial charge >= 0.3 is 0 Å². The molecule has 0 aromatic heterocycles. The SMILES string of the molecule is C=CCN(CC=C)C1=C(O)C(=O)C(C)(O)C1. The summed E-state index contributed by atoms with van der Waals surface area (Å²) in [5.74, 6) is -0.977. The molecule has 4 nitrogen and oxygen atoms in total. The maximum atomic E-state index is 11.5. The number of carbonyl (C=O) groups excluding carboxylic acids is 1. The molecule has 2 N–H and O–H groups in total. The van der Waals surface area contributed by atoms with Crippen molar-refractivity contribution in [1.82, 2.24) is 4.90 Å². The maximum Gasteiger partial charge on any atom is 0.230 e. The highest BCUT2D eigenvalue weighted by Gasteiger charge is 2.43. The molecule has 0 bridgehead atoms. The number of nitrogens with zero attached hydrogens (tertiary/aromatic N) is 1. The van der Waals surface area contributed by atoms with Crippen molar-refractivity contribution >= 4 is 5.78 Å². The topological polar surface area (TPSA) is 60.8 Å². The standard InChI is InChI=1S/C12H17NO3/c1-4-6-13(7-5-2)9-8-12(3,16)11(15)10(9)14/h4-5,14,16H,1-2,6-8H2,3H3. The van der Waals surface area contributed by atoms with Crippen LogP contribution in [0.2, 0.25) is 0 Å². The largest absolute Gasteiger partial charge is 0.503 e. The maximum absolute atomic E-state index is 11.5. The second kappa shape index (κ2) is 4.53. The number of hydrogen-bond donors (Lipinski definition) is 2. The van der Waals surface area contributed by atoms with Gasteiger partial charge in [-0.1, -0.05) is 12.2 Å². The Labute approximate surface area is 95.2 Å². The van der Waals surface area contributed by atoms with Gasteiger partial charge in [0.05, 0.1) is 5.70 Å². The van der Waals surface area contributed by atoms with Gasteiger partial charge < -0.3 is 15.1 Å². The molecule has 1 rings (SSSR count). The van der Waals surface area contributed by atoms with E-state index in [1.54, 1.807) is 17.1 Å². The summed E-state index contributed by atoms with van der Waals surface area (Å²) in [7, 11) is 0. The average molecular weight is 223 g/mol. The molecule has 1 unspecified atom stereocenters. The highest BCUT2D eigenvalue weighted by atomic mass is 16.3. The quantitative estimate of drug-likeness (QED) is 0.686. The van der Waals surface area contributed by atoms with E-state index in [1.807, 2.05) is 0 Å². The molecular weight excluding hydrogens is 206 g/mol. The lowest BCUT2D eigenvalue weighted by Crippen LogP contribution is -2.32. The van der Waals surface area contributed by atoms with Crippen molar-refractivity contribution in [2.24, 2.45) is 0 Å². The van der Waals surface area contributed by atoms with Gasteiger partial charge in [0, 0.05) is 19.5 Å². The zero-order chi connectivity index (χ0) is 12.3. The molecule has 0 amide bonds. The molecule has 1 atom stereocenters. The smallest absolute Gasteiger partial charge is 0.230 e. The molecule has 0 radical (unpaired) electrons. The summed E-state index contributed by atoms with van der Waals surface area (Å²) in [5, 5.41) is 19.4. The van der Waals surface area contributed by atoms with E-state index in [1.165, 1.54) is 6.92 Å². The Morgan fingerprint density at radius 2 is 1.94 bits per heavy atom. The molecule has 0 aliphatic heterocycles. The Balaban J connectivity index is 2.97. The third-order valence-corrected chi connectivity index (χ3v) is 2.57. The fourth-order valence-electron chi connectivity index (χ4n) is 1.74. The number of hydrogen-bond acceptors (Lipinski definition) is 4. The molecule has 0 aromatic carbocycles. The van der Waals surface area contributed by atoms with E-state index in [0.29, 0.717) is 18.8 Å². The second-order valence-corrected chi connectivity index (χ2v) is 4.06. The highest BCUT2D eigenvalue weighted by molar-refractivity contribution is 6.02. The molecule has 16 heavy (non-hydrogen) atoms. The van der Waals surface area contributed by atoms with E-state index in [9.17, 15) is 15.0 Å². The molecule has 0 spiro atoms. The van der Waals surface area contributed by atoms with Crippen LogP contribution in [0.5, 0.6) is 0 Å². The van der Waals surface area contributed by atoms with Crippen LogP contribution < -0.4 is 0 Å². The molecule has 4 heteroatoms. The van der Waals surface area contributed by atoms with Gasteiger partial charge in [-0.05, 0) is 6.92 Å². The van der Waals surface area contributed by atoms with Crippen LogP contribution in [-0.4, -0.2) is 39.6 Å². The minimum Gasteiger partial charge on any atom is -0.503 e. The number of aliphatic hydroxyl groups is 2. The molecule has 0 saturated carbocycles. The third kappa shape index (κ3) is 2.17. The van der Waals surface area contributed by atoms with Crippen LogP contribution in [0.4, 0.5) is 0 Å². The number of ketones is 1. The second-order valence-electron chi connectivity index (χ2n) is 4.06. The van der Waals surface area contributed by atoms with E-state index in [0.717, 1.165) is 0 Å². The van der Waals surface area contributed by atoms with Crippen molar-refractivity contribution in [3.63, 3.8) is 0 Å². The Morgan fingerprint density at radius 1 is 1.44 bits per heavy atom. The van der Waals surface area contributed by atoms with E-state index >= 15 is 0 Å². The molecule has 0 fully saturated rings. The van der Waals surface area contributed by atoms with E-state index < -0.39 is 11.4 Å². The minimum absolute atomic E-state index is 0.124. The first-order chi connectivity index (χ1) is 7.44. The summed E-state index contributed by atoms with van der Waals surface area (Å²) >= 11 is 0. The first-order valence-electron chi connectivity index (χ1n) is 5.10. The lowest BCUT2D eigenvalue weighted by atomic mass is 10.0. The number of carbonyl (C=O) groups is 1. The van der Waals surface area contributed by atoms with Crippen LogP contribution in [0.3, 0.4) is 0 Å². The van der Waals surface area contributed by atoms with Crippen LogP contribution >= 0.6 is 0 Å². The highest BCUT2D eigenvalue weighted by Crippen LogP contribution is 2.32. The van der Waals surface area contributed by atoms with Crippen LogP contribution in [0.15, 0.2) is 36.8 Å². The minimum atomic E-state index is -1.50. The molecule has 1 aliphatic carbocycles. The van der Waals surface area contributed by atoms with Crippen molar-refractivity contribution in [3.05, 3.63) is 36.8 Å². The summed E-state index contributed by atoms with van der Waals surface area (Å²) in [5.41, 5.74) is -1.05. The Kier molecular flexibility index (Phi) is 3.55. The number of Topliss-reactive ketones (excluding diaryl/α,β-unsaturated/α-hetero) is 1. The fraction of sp³-hybridized carbons (Fsp3) is 0.417. The van der Waals surface area contributed by atoms with Gasteiger partial charge in [-0.2, -0.15) is 0 Å². The molecule has 88 valence electrons. The van der Waals surface area contributed by atoms with Crippen LogP contribution in [-0.2, 0) is 4.79 Å². The zero-order valence-corrected chi connectivity index (χ0v) is 9.44. The Hall–Kier alpha value is -1.55. The molecular formula is C12H17NO3. The number of aliphatic hydroxyl groups excluding tert-OH is 1. The van der Waals surface area contributed by atoms with E-state index in [-0.39, 0.29) is 12.2 Å². The van der Waals surface area contributed by atoms with Gasteiger partial charge in [-0.15, -0.1) is 13.2 Å². The van der Waals surface area contributed by atoms with Crippen molar-refractivity contribution in [2.75, 3.05) is 13.1 Å². The van der Waals surface area contributed by atoms with Crippen molar-refractivity contribution in [2.45, 2.75) is 18.9 Å². The predicted octanol–water partition coefficient (Wildman–Crippen LogP) is 1.15. The molecule has 0 heterocycles. The van der Waals surface area contributed by atoms with Gasteiger partial charge in [0.15, 0.2) is 5.76 Å². The first-order valence-corrected chi connectivity index (χ1v) is 5.10. The molecule has 0 aromatic rings. The lowest BCUT2D eigenvalue weighted by molar-refractivity contribution is -0.132. The summed E-state index contributed by atoms with van der Waals surface area (Å²) in [6.45, 7) is 9.60.